The van der Waals surface area contributed by atoms with Gasteiger partial charge in [0.15, 0.2) is 5.82 Å². The quantitative estimate of drug-likeness (QED) is 0.781. The Kier molecular flexibility index (Phi) is 2.04. The second-order valence-corrected chi connectivity index (χ2v) is 3.40. The molecule has 0 fully saturated rings. The number of pyridine rings is 1. The SMILES string of the molecule is C1=CC=C(n2cccc3ncnc2-3)NC=C1. The van der Waals surface area contributed by atoms with Gasteiger partial charge in [0.25, 0.3) is 0 Å². The summed E-state index contributed by atoms with van der Waals surface area (Å²) in [4.78, 5) is 8.42. The molecule has 0 atom stereocenters. The zero-order chi connectivity index (χ0) is 10.8. The number of fused-ring (bicyclic) bond motifs is 1. The van der Waals surface area contributed by atoms with Gasteiger partial charge in [-0.3, -0.25) is 4.57 Å². The summed E-state index contributed by atoms with van der Waals surface area (Å²) in [6, 6.07) is 3.90. The van der Waals surface area contributed by atoms with E-state index in [0.29, 0.717) is 0 Å². The summed E-state index contributed by atoms with van der Waals surface area (Å²) in [6.45, 7) is 0. The molecule has 3 aliphatic heterocycles. The minimum absolute atomic E-state index is 0.852. The number of allylic oxidation sites excluding steroid dienone is 4. The van der Waals surface area contributed by atoms with E-state index in [0.717, 1.165) is 17.3 Å². The fourth-order valence-corrected chi connectivity index (χ4v) is 1.66. The van der Waals surface area contributed by atoms with Crippen molar-refractivity contribution >= 4 is 5.82 Å². The number of aromatic nitrogens is 3. The lowest BCUT2D eigenvalue weighted by Gasteiger charge is -2.13. The molecule has 4 nitrogen and oxygen atoms in total. The minimum Gasteiger partial charge on any atom is -0.348 e. The molecule has 0 spiro atoms. The second-order valence-electron chi connectivity index (χ2n) is 3.40. The average molecular weight is 210 g/mol. The molecule has 78 valence electrons. The highest BCUT2D eigenvalue weighted by atomic mass is 15.2. The Morgan fingerprint density at radius 3 is 3.12 bits per heavy atom. The Bertz CT molecular complexity index is 562. The van der Waals surface area contributed by atoms with E-state index in [4.69, 9.17) is 0 Å². The van der Waals surface area contributed by atoms with Crippen LogP contribution in [-0.2, 0) is 0 Å². The van der Waals surface area contributed by atoms with Gasteiger partial charge in [0.1, 0.15) is 17.8 Å². The molecule has 0 aromatic rings. The first kappa shape index (κ1) is 8.91. The number of nitrogens with one attached hydrogen (secondary N) is 1. The lowest BCUT2D eigenvalue weighted by Crippen LogP contribution is -2.13. The number of hydrogen-bond donors (Lipinski definition) is 1. The molecule has 0 aliphatic carbocycles. The maximum atomic E-state index is 4.25. The van der Waals surface area contributed by atoms with Crippen LogP contribution in [0.5, 0.6) is 0 Å². The third-order valence-electron chi connectivity index (χ3n) is 2.39. The first-order valence-electron chi connectivity index (χ1n) is 5.04. The van der Waals surface area contributed by atoms with E-state index in [2.05, 4.69) is 15.3 Å². The smallest absolute Gasteiger partial charge is 0.166 e. The Balaban J connectivity index is 2.13. The molecule has 0 saturated carbocycles. The molecular formula is C12H10N4. The van der Waals surface area contributed by atoms with Gasteiger partial charge in [-0.1, -0.05) is 12.2 Å². The summed E-state index contributed by atoms with van der Waals surface area (Å²) in [6.07, 6.45) is 13.3. The monoisotopic (exact) mass is 210 g/mol. The van der Waals surface area contributed by atoms with Crippen LogP contribution in [0, 0.1) is 0 Å². The van der Waals surface area contributed by atoms with Crippen molar-refractivity contribution in [2.45, 2.75) is 0 Å². The summed E-state index contributed by atoms with van der Waals surface area (Å²) < 4.78 is 1.97. The van der Waals surface area contributed by atoms with Gasteiger partial charge in [0.2, 0.25) is 0 Å². The van der Waals surface area contributed by atoms with Gasteiger partial charge in [-0.15, -0.1) is 0 Å². The topological polar surface area (TPSA) is 42.7 Å². The fourth-order valence-electron chi connectivity index (χ4n) is 1.66. The van der Waals surface area contributed by atoms with Crippen molar-refractivity contribution in [3.8, 4) is 11.5 Å². The van der Waals surface area contributed by atoms with E-state index in [9.17, 15) is 0 Å². The normalized spacial score (nSPS) is 14.6. The highest BCUT2D eigenvalue weighted by Gasteiger charge is 2.11. The van der Waals surface area contributed by atoms with Crippen molar-refractivity contribution < 1.29 is 0 Å². The Morgan fingerprint density at radius 1 is 1.12 bits per heavy atom. The number of nitrogens with zero attached hydrogens (tertiary/aromatic N) is 3. The van der Waals surface area contributed by atoms with Crippen molar-refractivity contribution in [1.82, 2.24) is 19.9 Å². The van der Waals surface area contributed by atoms with Gasteiger partial charge in [0, 0.05) is 12.4 Å². The van der Waals surface area contributed by atoms with E-state index in [-0.39, 0.29) is 0 Å². The Labute approximate surface area is 93.0 Å². The van der Waals surface area contributed by atoms with Gasteiger partial charge >= 0.3 is 0 Å². The van der Waals surface area contributed by atoms with Crippen molar-refractivity contribution in [2.75, 3.05) is 0 Å². The zero-order valence-corrected chi connectivity index (χ0v) is 8.54. The molecule has 4 heteroatoms. The summed E-state index contributed by atoms with van der Waals surface area (Å²) in [5.74, 6) is 1.81. The molecule has 3 aliphatic rings. The van der Waals surface area contributed by atoms with Gasteiger partial charge in [0.05, 0.1) is 0 Å². The molecule has 0 aromatic carbocycles. The zero-order valence-electron chi connectivity index (χ0n) is 8.54. The molecule has 16 heavy (non-hydrogen) atoms. The van der Waals surface area contributed by atoms with Gasteiger partial charge in [-0.2, -0.15) is 0 Å². The number of imidazole rings is 1. The van der Waals surface area contributed by atoms with Crippen LogP contribution in [0.15, 0.2) is 55.2 Å². The van der Waals surface area contributed by atoms with Crippen LogP contribution >= 0.6 is 0 Å². The molecule has 3 rings (SSSR count). The van der Waals surface area contributed by atoms with Crippen LogP contribution in [0.2, 0.25) is 0 Å². The maximum Gasteiger partial charge on any atom is 0.166 e. The maximum absolute atomic E-state index is 4.25. The lowest BCUT2D eigenvalue weighted by atomic mass is 10.3. The minimum atomic E-state index is 0.852. The third kappa shape index (κ3) is 1.40. The summed E-state index contributed by atoms with van der Waals surface area (Å²) in [5, 5.41) is 3.19. The van der Waals surface area contributed by atoms with Gasteiger partial charge in [-0.05, 0) is 24.3 Å². The predicted octanol–water partition coefficient (Wildman–Crippen LogP) is 1.85. The van der Waals surface area contributed by atoms with Crippen LogP contribution in [0.1, 0.15) is 0 Å². The van der Waals surface area contributed by atoms with Crippen LogP contribution in [0.25, 0.3) is 17.3 Å². The van der Waals surface area contributed by atoms with E-state index >= 15 is 0 Å². The standard InChI is InChI=1S/C12H10N4/c1-2-6-11(13-7-3-1)16-8-4-5-10-12(16)15-9-14-10/h1-9,13H. The van der Waals surface area contributed by atoms with Crippen molar-refractivity contribution in [3.05, 3.63) is 55.2 Å². The molecule has 3 heterocycles. The van der Waals surface area contributed by atoms with E-state index in [1.807, 2.05) is 53.4 Å². The van der Waals surface area contributed by atoms with Gasteiger partial charge < -0.3 is 5.32 Å². The van der Waals surface area contributed by atoms with E-state index in [1.54, 1.807) is 6.33 Å². The summed E-state index contributed by atoms with van der Waals surface area (Å²) in [7, 11) is 0. The van der Waals surface area contributed by atoms with Crippen molar-refractivity contribution in [2.24, 2.45) is 0 Å². The number of rotatable bonds is 1. The first-order chi connectivity index (χ1) is 7.95. The lowest BCUT2D eigenvalue weighted by molar-refractivity contribution is 0.963. The molecule has 1 N–H and O–H groups in total. The largest absolute Gasteiger partial charge is 0.348 e. The highest BCUT2D eigenvalue weighted by Crippen LogP contribution is 2.19. The third-order valence-corrected chi connectivity index (χ3v) is 2.39. The van der Waals surface area contributed by atoms with Crippen LogP contribution in [0.4, 0.5) is 0 Å². The summed E-state index contributed by atoms with van der Waals surface area (Å²) in [5.41, 5.74) is 0.891. The van der Waals surface area contributed by atoms with E-state index in [1.165, 1.54) is 0 Å². The van der Waals surface area contributed by atoms with Crippen molar-refractivity contribution in [3.63, 3.8) is 0 Å². The van der Waals surface area contributed by atoms with Crippen LogP contribution in [-0.4, -0.2) is 14.5 Å². The molecule has 0 unspecified atom stereocenters. The van der Waals surface area contributed by atoms with Crippen molar-refractivity contribution in [1.29, 1.82) is 0 Å². The highest BCUT2D eigenvalue weighted by molar-refractivity contribution is 5.60. The molecule has 0 bridgehead atoms. The fraction of sp³-hybridized carbons (Fsp3) is 0. The molecule has 0 saturated heterocycles. The Morgan fingerprint density at radius 2 is 2.12 bits per heavy atom. The molecule has 0 radical (unpaired) electrons. The second kappa shape index (κ2) is 3.66. The average Bonchev–Trinajstić information content (AvgIpc) is 2.63. The van der Waals surface area contributed by atoms with Gasteiger partial charge in [-0.25, -0.2) is 9.97 Å². The van der Waals surface area contributed by atoms with E-state index < -0.39 is 0 Å². The molecule has 0 aromatic heterocycles. The summed E-state index contributed by atoms with van der Waals surface area (Å²) >= 11 is 0. The van der Waals surface area contributed by atoms with Crippen LogP contribution < -0.4 is 5.32 Å². The first-order valence-corrected chi connectivity index (χ1v) is 5.04. The molecular weight excluding hydrogens is 200 g/mol. The predicted molar refractivity (Wildman–Crippen MR) is 62.3 cm³/mol. The Hall–Kier alpha value is -2.36. The number of hydrogen-bond acceptors (Lipinski definition) is 3. The van der Waals surface area contributed by atoms with Crippen LogP contribution in [0.3, 0.4) is 0 Å². The molecule has 0 amide bonds.